The molecule has 3 nitrogen and oxygen atoms in total. The Bertz CT molecular complexity index is 422. The minimum absolute atomic E-state index is 0.00810. The van der Waals surface area contributed by atoms with Crippen LogP contribution in [0.4, 0.5) is 0 Å². The Balaban J connectivity index is 2.10. The molecule has 17 heavy (non-hydrogen) atoms. The zero-order chi connectivity index (χ0) is 12.4. The van der Waals surface area contributed by atoms with Gasteiger partial charge in [0.1, 0.15) is 0 Å². The van der Waals surface area contributed by atoms with Gasteiger partial charge in [0, 0.05) is 23.7 Å². The Labute approximate surface area is 106 Å². The first kappa shape index (κ1) is 12.4. The Morgan fingerprint density at radius 1 is 1.53 bits per heavy atom. The van der Waals surface area contributed by atoms with Crippen molar-refractivity contribution in [1.29, 1.82) is 0 Å². The molecule has 1 heterocycles. The highest BCUT2D eigenvalue weighted by molar-refractivity contribution is 6.30. The number of likely N-dealkylation sites (tertiary alicyclic amines) is 1. The van der Waals surface area contributed by atoms with Crippen molar-refractivity contribution in [2.45, 2.75) is 19.4 Å². The van der Waals surface area contributed by atoms with Crippen molar-refractivity contribution in [3.05, 3.63) is 34.9 Å². The SMILES string of the molecule is CC1CN(C(=O)c2cccc(Cl)c2)CCC1O. The van der Waals surface area contributed by atoms with E-state index in [1.54, 1.807) is 29.2 Å². The molecule has 0 aliphatic carbocycles. The Morgan fingerprint density at radius 2 is 2.29 bits per heavy atom. The number of amides is 1. The van der Waals surface area contributed by atoms with Crippen LogP contribution in [0.25, 0.3) is 0 Å². The third-order valence-corrected chi connectivity index (χ3v) is 3.45. The van der Waals surface area contributed by atoms with Gasteiger partial charge in [-0.3, -0.25) is 4.79 Å². The number of nitrogens with zero attached hydrogens (tertiary/aromatic N) is 1. The first-order chi connectivity index (χ1) is 8.08. The normalized spacial score (nSPS) is 24.8. The average Bonchev–Trinajstić information content (AvgIpc) is 2.32. The topological polar surface area (TPSA) is 40.5 Å². The number of rotatable bonds is 1. The lowest BCUT2D eigenvalue weighted by molar-refractivity contribution is 0.0297. The Hall–Kier alpha value is -1.06. The predicted octanol–water partition coefficient (Wildman–Crippen LogP) is 2.18. The Morgan fingerprint density at radius 3 is 2.94 bits per heavy atom. The van der Waals surface area contributed by atoms with Gasteiger partial charge in [0.05, 0.1) is 6.10 Å². The molecule has 0 spiro atoms. The van der Waals surface area contributed by atoms with Crippen LogP contribution in [0.5, 0.6) is 0 Å². The van der Waals surface area contributed by atoms with Crippen LogP contribution in [0.2, 0.25) is 5.02 Å². The average molecular weight is 254 g/mol. The summed E-state index contributed by atoms with van der Waals surface area (Å²) >= 11 is 5.87. The number of hydrogen-bond donors (Lipinski definition) is 1. The number of carbonyl (C=O) groups excluding carboxylic acids is 1. The predicted molar refractivity (Wildman–Crippen MR) is 67.1 cm³/mol. The largest absolute Gasteiger partial charge is 0.393 e. The van der Waals surface area contributed by atoms with Gasteiger partial charge in [0.2, 0.25) is 0 Å². The van der Waals surface area contributed by atoms with Crippen molar-refractivity contribution in [1.82, 2.24) is 4.90 Å². The van der Waals surface area contributed by atoms with E-state index in [0.29, 0.717) is 30.1 Å². The van der Waals surface area contributed by atoms with Gasteiger partial charge in [-0.2, -0.15) is 0 Å². The fourth-order valence-electron chi connectivity index (χ4n) is 2.12. The van der Waals surface area contributed by atoms with E-state index >= 15 is 0 Å². The molecule has 2 atom stereocenters. The first-order valence-electron chi connectivity index (χ1n) is 5.81. The number of halogens is 1. The van der Waals surface area contributed by atoms with E-state index in [2.05, 4.69) is 0 Å². The smallest absolute Gasteiger partial charge is 0.253 e. The molecular formula is C13H16ClNO2. The second kappa shape index (κ2) is 5.07. The number of aliphatic hydroxyl groups excluding tert-OH is 1. The molecule has 1 aliphatic heterocycles. The lowest BCUT2D eigenvalue weighted by Crippen LogP contribution is -2.44. The Kier molecular flexibility index (Phi) is 3.69. The van der Waals surface area contributed by atoms with E-state index in [9.17, 15) is 9.90 Å². The molecule has 1 saturated heterocycles. The maximum Gasteiger partial charge on any atom is 0.253 e. The molecule has 1 N–H and O–H groups in total. The van der Waals surface area contributed by atoms with Crippen LogP contribution in [-0.2, 0) is 0 Å². The molecule has 1 aromatic rings. The molecule has 1 aliphatic rings. The van der Waals surface area contributed by atoms with E-state index in [0.717, 1.165) is 0 Å². The molecule has 2 rings (SSSR count). The van der Waals surface area contributed by atoms with Crippen molar-refractivity contribution in [3.63, 3.8) is 0 Å². The maximum atomic E-state index is 12.2. The summed E-state index contributed by atoms with van der Waals surface area (Å²) in [6.45, 7) is 3.17. The number of benzene rings is 1. The minimum atomic E-state index is -0.293. The summed E-state index contributed by atoms with van der Waals surface area (Å²) in [6, 6.07) is 6.97. The summed E-state index contributed by atoms with van der Waals surface area (Å²) in [5.41, 5.74) is 0.612. The van der Waals surface area contributed by atoms with Crippen LogP contribution in [0.1, 0.15) is 23.7 Å². The summed E-state index contributed by atoms with van der Waals surface area (Å²) in [5.74, 6) is 0.123. The minimum Gasteiger partial charge on any atom is -0.393 e. The number of hydrogen-bond acceptors (Lipinski definition) is 2. The summed E-state index contributed by atoms with van der Waals surface area (Å²) in [5, 5.41) is 10.2. The highest BCUT2D eigenvalue weighted by Crippen LogP contribution is 2.19. The molecule has 92 valence electrons. The number of piperidine rings is 1. The number of carbonyl (C=O) groups is 1. The summed E-state index contributed by atoms with van der Waals surface area (Å²) < 4.78 is 0. The van der Waals surface area contributed by atoms with Gasteiger partial charge in [-0.05, 0) is 30.5 Å². The van der Waals surface area contributed by atoms with Gasteiger partial charge in [-0.15, -0.1) is 0 Å². The fourth-order valence-corrected chi connectivity index (χ4v) is 2.31. The van der Waals surface area contributed by atoms with E-state index < -0.39 is 0 Å². The first-order valence-corrected chi connectivity index (χ1v) is 6.18. The molecule has 2 unspecified atom stereocenters. The van der Waals surface area contributed by atoms with Gasteiger partial charge >= 0.3 is 0 Å². The quantitative estimate of drug-likeness (QED) is 0.834. The second-order valence-electron chi connectivity index (χ2n) is 4.59. The molecule has 1 fully saturated rings. The monoisotopic (exact) mass is 253 g/mol. The lowest BCUT2D eigenvalue weighted by Gasteiger charge is -2.34. The zero-order valence-corrected chi connectivity index (χ0v) is 10.5. The summed E-state index contributed by atoms with van der Waals surface area (Å²) in [4.78, 5) is 14.0. The van der Waals surface area contributed by atoms with E-state index in [1.165, 1.54) is 0 Å². The second-order valence-corrected chi connectivity index (χ2v) is 5.03. The third-order valence-electron chi connectivity index (χ3n) is 3.22. The van der Waals surface area contributed by atoms with Crippen molar-refractivity contribution in [2.75, 3.05) is 13.1 Å². The standard InChI is InChI=1S/C13H16ClNO2/c1-9-8-15(6-5-12(9)16)13(17)10-3-2-4-11(14)7-10/h2-4,7,9,12,16H,5-6,8H2,1H3. The third kappa shape index (κ3) is 2.79. The van der Waals surface area contributed by atoms with Crippen LogP contribution in [0.15, 0.2) is 24.3 Å². The van der Waals surface area contributed by atoms with Crippen LogP contribution < -0.4 is 0 Å². The molecule has 0 saturated carbocycles. The van der Waals surface area contributed by atoms with Crippen molar-refractivity contribution < 1.29 is 9.90 Å². The highest BCUT2D eigenvalue weighted by atomic mass is 35.5. The van der Waals surface area contributed by atoms with Gasteiger partial charge < -0.3 is 10.0 Å². The molecular weight excluding hydrogens is 238 g/mol. The summed E-state index contributed by atoms with van der Waals surface area (Å²) in [7, 11) is 0. The van der Waals surface area contributed by atoms with Crippen LogP contribution in [-0.4, -0.2) is 35.1 Å². The maximum absolute atomic E-state index is 12.2. The van der Waals surface area contributed by atoms with Gasteiger partial charge in [-0.1, -0.05) is 24.6 Å². The molecule has 1 amide bonds. The van der Waals surface area contributed by atoms with E-state index in [1.807, 2.05) is 6.92 Å². The van der Waals surface area contributed by atoms with Crippen molar-refractivity contribution in [2.24, 2.45) is 5.92 Å². The molecule has 0 radical (unpaired) electrons. The zero-order valence-electron chi connectivity index (χ0n) is 9.77. The molecule has 0 bridgehead atoms. The lowest BCUT2D eigenvalue weighted by atomic mass is 9.96. The van der Waals surface area contributed by atoms with Crippen LogP contribution >= 0.6 is 11.6 Å². The fraction of sp³-hybridized carbons (Fsp3) is 0.462. The number of aliphatic hydroxyl groups is 1. The highest BCUT2D eigenvalue weighted by Gasteiger charge is 2.27. The molecule has 0 aromatic heterocycles. The van der Waals surface area contributed by atoms with Gasteiger partial charge in [0.25, 0.3) is 5.91 Å². The van der Waals surface area contributed by atoms with Gasteiger partial charge in [0.15, 0.2) is 0 Å². The van der Waals surface area contributed by atoms with Crippen molar-refractivity contribution in [3.8, 4) is 0 Å². The van der Waals surface area contributed by atoms with E-state index in [-0.39, 0.29) is 17.9 Å². The van der Waals surface area contributed by atoms with E-state index in [4.69, 9.17) is 11.6 Å². The van der Waals surface area contributed by atoms with Crippen LogP contribution in [0, 0.1) is 5.92 Å². The molecule has 1 aromatic carbocycles. The molecule has 4 heteroatoms. The van der Waals surface area contributed by atoms with Crippen LogP contribution in [0.3, 0.4) is 0 Å². The van der Waals surface area contributed by atoms with Gasteiger partial charge in [-0.25, -0.2) is 0 Å². The van der Waals surface area contributed by atoms with Crippen molar-refractivity contribution >= 4 is 17.5 Å². The summed E-state index contributed by atoms with van der Waals surface area (Å²) in [6.07, 6.45) is 0.353.